The van der Waals surface area contributed by atoms with Gasteiger partial charge in [-0.15, -0.1) is 0 Å². The minimum absolute atomic E-state index is 0.265. The number of ether oxygens (including phenoxy) is 2. The molecule has 3 heterocycles. The quantitative estimate of drug-likeness (QED) is 0.319. The molecular weight excluding hydrogens is 535 g/mol. The zero-order valence-electron chi connectivity index (χ0n) is 19.8. The molecule has 0 aliphatic carbocycles. The number of morpholine rings is 1. The molecule has 1 saturated heterocycles. The number of nitrogens with zero attached hydrogens (tertiary/aromatic N) is 3. The number of carbonyl (C=O) groups excluding carboxylic acids is 2. The van der Waals surface area contributed by atoms with Crippen molar-refractivity contribution in [2.45, 2.75) is 6.92 Å². The van der Waals surface area contributed by atoms with E-state index in [-0.39, 0.29) is 12.5 Å². The Hall–Kier alpha value is -3.11. The van der Waals surface area contributed by atoms with Crippen molar-refractivity contribution in [1.29, 1.82) is 0 Å². The summed E-state index contributed by atoms with van der Waals surface area (Å²) in [7, 11) is 0. The predicted molar refractivity (Wildman–Crippen MR) is 149 cm³/mol. The maximum atomic E-state index is 12.8. The number of carbonyl (C=O) groups is 2. The lowest BCUT2D eigenvalue weighted by Gasteiger charge is -2.31. The Morgan fingerprint density at radius 2 is 1.97 bits per heavy atom. The normalized spacial score (nSPS) is 16.8. The molecule has 0 radical (unpaired) electrons. The Morgan fingerprint density at radius 1 is 1.22 bits per heavy atom. The first-order valence-electron chi connectivity index (χ1n) is 11.6. The molecule has 1 fully saturated rings. The van der Waals surface area contributed by atoms with Crippen molar-refractivity contribution in [3.63, 3.8) is 0 Å². The van der Waals surface area contributed by atoms with E-state index in [0.717, 1.165) is 22.2 Å². The molecule has 3 aromatic rings. The number of hydrogen-bond donors (Lipinski definition) is 1. The minimum atomic E-state index is -0.425. The number of pyridine rings is 1. The van der Waals surface area contributed by atoms with Crippen LogP contribution in [0.15, 0.2) is 52.5 Å². The second-order valence-corrected chi connectivity index (χ2v) is 10.0. The highest BCUT2D eigenvalue weighted by Gasteiger charge is 2.25. The topological polar surface area (TPSA) is 93.1 Å². The summed E-state index contributed by atoms with van der Waals surface area (Å²) in [6.45, 7) is 4.43. The number of thioether (sulfide) groups is 1. The molecule has 0 atom stereocenters. The zero-order chi connectivity index (χ0) is 25.9. The van der Waals surface area contributed by atoms with Gasteiger partial charge in [0.1, 0.15) is 5.56 Å². The average Bonchev–Trinajstić information content (AvgIpc) is 3.24. The molecule has 2 aliphatic heterocycles. The molecule has 0 saturated carbocycles. The number of amides is 1. The number of amidine groups is 1. The number of hydrogen-bond acceptors (Lipinski definition) is 8. The lowest BCUT2D eigenvalue weighted by Crippen LogP contribution is -2.37. The van der Waals surface area contributed by atoms with Crippen LogP contribution in [0.3, 0.4) is 0 Å². The van der Waals surface area contributed by atoms with E-state index in [1.54, 1.807) is 37.4 Å². The highest BCUT2D eigenvalue weighted by molar-refractivity contribution is 8.18. The van der Waals surface area contributed by atoms with Crippen molar-refractivity contribution < 1.29 is 19.1 Å². The third-order valence-electron chi connectivity index (χ3n) is 5.80. The fraction of sp³-hybridized carbons (Fsp3) is 0.231. The molecule has 5 rings (SSSR count). The molecule has 1 aromatic heterocycles. The smallest absolute Gasteiger partial charge is 0.341 e. The summed E-state index contributed by atoms with van der Waals surface area (Å²) in [4.78, 5) is 36.6. The molecule has 1 N–H and O–H groups in total. The number of nitrogens with one attached hydrogen (secondary N) is 1. The van der Waals surface area contributed by atoms with Gasteiger partial charge in [0.25, 0.3) is 5.91 Å². The van der Waals surface area contributed by atoms with Crippen LogP contribution in [0.5, 0.6) is 0 Å². The second-order valence-electron chi connectivity index (χ2n) is 8.17. The van der Waals surface area contributed by atoms with Crippen LogP contribution in [0.1, 0.15) is 22.8 Å². The Balaban J connectivity index is 1.49. The lowest BCUT2D eigenvalue weighted by atomic mass is 10.0. The number of fused-ring (bicyclic) bond motifs is 1. The summed E-state index contributed by atoms with van der Waals surface area (Å²) in [6, 6.07) is 10.8. The lowest BCUT2D eigenvalue weighted by molar-refractivity contribution is -0.113. The standard InChI is InChI=1S/C26H22Cl2N4O4S/c1-2-36-25(34)17-14-29-20-7-6-15(12-16(20)23(17)32-8-10-35-11-9-32)13-21-24(33)31-26(37-21)30-22-18(27)4-3-5-19(22)28/h3-7,12-14H,2,8-11H2,1H3,(H,30,31,33). The molecule has 190 valence electrons. The maximum Gasteiger partial charge on any atom is 0.341 e. The largest absolute Gasteiger partial charge is 0.462 e. The van der Waals surface area contributed by atoms with Crippen molar-refractivity contribution >= 4 is 80.4 Å². The molecule has 0 unspecified atom stereocenters. The predicted octanol–water partition coefficient (Wildman–Crippen LogP) is 5.64. The van der Waals surface area contributed by atoms with E-state index in [4.69, 9.17) is 32.7 Å². The Kier molecular flexibility index (Phi) is 7.66. The number of esters is 1. The number of anilines is 2. The fourth-order valence-corrected chi connectivity index (χ4v) is 5.42. The maximum absolute atomic E-state index is 12.8. The summed E-state index contributed by atoms with van der Waals surface area (Å²) in [6.07, 6.45) is 3.32. The number of benzene rings is 2. The number of halogens is 2. The van der Waals surface area contributed by atoms with Crippen molar-refractivity contribution in [2.75, 3.05) is 43.1 Å². The van der Waals surface area contributed by atoms with Gasteiger partial charge in [-0.05, 0) is 54.6 Å². The van der Waals surface area contributed by atoms with Gasteiger partial charge < -0.3 is 19.7 Å². The number of aromatic nitrogens is 1. The number of rotatable bonds is 5. The molecule has 37 heavy (non-hydrogen) atoms. The van der Waals surface area contributed by atoms with Crippen molar-refractivity contribution in [1.82, 2.24) is 4.98 Å². The van der Waals surface area contributed by atoms with Crippen LogP contribution in [-0.2, 0) is 14.3 Å². The molecular formula is C26H22Cl2N4O4S. The Morgan fingerprint density at radius 3 is 2.70 bits per heavy atom. The molecule has 8 nitrogen and oxygen atoms in total. The van der Waals surface area contributed by atoms with Crippen LogP contribution >= 0.6 is 35.0 Å². The van der Waals surface area contributed by atoms with Crippen molar-refractivity contribution in [3.8, 4) is 0 Å². The first-order chi connectivity index (χ1) is 17.9. The van der Waals surface area contributed by atoms with E-state index in [2.05, 4.69) is 20.2 Å². The first kappa shape index (κ1) is 25.5. The van der Waals surface area contributed by atoms with Gasteiger partial charge in [0.05, 0.1) is 51.7 Å². The third-order valence-corrected chi connectivity index (χ3v) is 7.33. The van der Waals surface area contributed by atoms with E-state index in [0.29, 0.717) is 57.7 Å². The van der Waals surface area contributed by atoms with Crippen LogP contribution < -0.4 is 10.2 Å². The van der Waals surface area contributed by atoms with Gasteiger partial charge in [0, 0.05) is 24.7 Å². The first-order valence-corrected chi connectivity index (χ1v) is 13.2. The van der Waals surface area contributed by atoms with Crippen molar-refractivity contribution in [3.05, 3.63) is 68.7 Å². The summed E-state index contributed by atoms with van der Waals surface area (Å²) in [5, 5.41) is 5.07. The molecule has 2 aromatic carbocycles. The second kappa shape index (κ2) is 11.1. The van der Waals surface area contributed by atoms with E-state index >= 15 is 0 Å². The monoisotopic (exact) mass is 556 g/mol. The Labute approximate surface area is 227 Å². The number of para-hydroxylation sites is 1. The Bertz CT molecular complexity index is 1430. The van der Waals surface area contributed by atoms with Crippen LogP contribution in [0.2, 0.25) is 10.0 Å². The van der Waals surface area contributed by atoms with Gasteiger partial charge >= 0.3 is 5.97 Å². The average molecular weight is 557 g/mol. The van der Waals surface area contributed by atoms with E-state index in [1.165, 1.54) is 11.8 Å². The SMILES string of the molecule is CCOC(=O)c1cnc2ccc(C=C3SC(Nc4c(Cl)cccc4Cl)=NC3=O)cc2c1N1CCOCC1. The molecule has 0 bridgehead atoms. The van der Waals surface area contributed by atoms with Gasteiger partial charge in [0.2, 0.25) is 0 Å². The van der Waals surface area contributed by atoms with E-state index in [9.17, 15) is 9.59 Å². The fourth-order valence-electron chi connectivity index (χ4n) is 4.11. The molecule has 11 heteroatoms. The van der Waals surface area contributed by atoms with Crippen LogP contribution in [0, 0.1) is 0 Å². The highest BCUT2D eigenvalue weighted by Crippen LogP contribution is 2.36. The number of aliphatic imine (C=N–C) groups is 1. The molecule has 1 amide bonds. The molecule has 0 spiro atoms. The van der Waals surface area contributed by atoms with Gasteiger partial charge in [-0.1, -0.05) is 35.3 Å². The molecule has 2 aliphatic rings. The van der Waals surface area contributed by atoms with Gasteiger partial charge in [-0.25, -0.2) is 4.79 Å². The van der Waals surface area contributed by atoms with Crippen LogP contribution in [0.4, 0.5) is 11.4 Å². The van der Waals surface area contributed by atoms with E-state index in [1.807, 2.05) is 18.2 Å². The van der Waals surface area contributed by atoms with Gasteiger partial charge in [-0.3, -0.25) is 9.78 Å². The summed E-state index contributed by atoms with van der Waals surface area (Å²) in [5.74, 6) is -0.798. The van der Waals surface area contributed by atoms with Crippen LogP contribution in [-0.4, -0.2) is 54.9 Å². The highest BCUT2D eigenvalue weighted by atomic mass is 35.5. The van der Waals surface area contributed by atoms with Gasteiger partial charge in [0.15, 0.2) is 5.17 Å². The van der Waals surface area contributed by atoms with Crippen LogP contribution in [0.25, 0.3) is 17.0 Å². The van der Waals surface area contributed by atoms with Gasteiger partial charge in [-0.2, -0.15) is 4.99 Å². The summed E-state index contributed by atoms with van der Waals surface area (Å²) in [5.41, 5.74) is 3.15. The third kappa shape index (κ3) is 5.45. The minimum Gasteiger partial charge on any atom is -0.462 e. The zero-order valence-corrected chi connectivity index (χ0v) is 22.1. The van der Waals surface area contributed by atoms with E-state index < -0.39 is 5.97 Å². The summed E-state index contributed by atoms with van der Waals surface area (Å²) >= 11 is 13.7. The summed E-state index contributed by atoms with van der Waals surface area (Å²) < 4.78 is 10.8. The van der Waals surface area contributed by atoms with Crippen molar-refractivity contribution in [2.24, 2.45) is 4.99 Å².